The van der Waals surface area contributed by atoms with Gasteiger partial charge in [-0.1, -0.05) is 97.4 Å². The van der Waals surface area contributed by atoms with E-state index in [2.05, 4.69) is 91.0 Å². The van der Waals surface area contributed by atoms with E-state index in [9.17, 15) is 4.79 Å². The van der Waals surface area contributed by atoms with Crippen molar-refractivity contribution in [2.45, 2.75) is 32.2 Å². The van der Waals surface area contributed by atoms with Crippen LogP contribution in [0.4, 0.5) is 0 Å². The SMILES string of the molecule is CC(=O)CCCC[Si](c1ccccc1)(c1ccccc1)c1ccccc1. The topological polar surface area (TPSA) is 17.1 Å². The molecule has 0 N–H and O–H groups in total. The first-order valence-corrected chi connectivity index (χ1v) is 11.6. The fraction of sp³-hybridized carbons (Fsp3) is 0.208. The van der Waals surface area contributed by atoms with E-state index in [1.807, 2.05) is 0 Å². The molecule has 0 aromatic heterocycles. The quantitative estimate of drug-likeness (QED) is 0.339. The minimum Gasteiger partial charge on any atom is -0.300 e. The number of carbonyl (C=O) groups excluding carboxylic acids is 1. The van der Waals surface area contributed by atoms with Crippen LogP contribution in [0.2, 0.25) is 6.04 Å². The van der Waals surface area contributed by atoms with Crippen molar-refractivity contribution < 1.29 is 4.79 Å². The van der Waals surface area contributed by atoms with Gasteiger partial charge in [0.1, 0.15) is 13.9 Å². The van der Waals surface area contributed by atoms with Crippen LogP contribution in [0.5, 0.6) is 0 Å². The van der Waals surface area contributed by atoms with E-state index in [1.165, 1.54) is 15.6 Å². The van der Waals surface area contributed by atoms with Gasteiger partial charge in [0.05, 0.1) is 0 Å². The summed E-state index contributed by atoms with van der Waals surface area (Å²) in [5, 5.41) is 4.33. The average molecular weight is 359 g/mol. The first-order chi connectivity index (χ1) is 12.7. The predicted molar refractivity (Wildman–Crippen MR) is 113 cm³/mol. The number of Topliss-reactive ketones (excluding diaryl/α,β-unsaturated/α-hetero) is 1. The van der Waals surface area contributed by atoms with Crippen LogP contribution in [0, 0.1) is 0 Å². The van der Waals surface area contributed by atoms with E-state index in [4.69, 9.17) is 0 Å². The largest absolute Gasteiger partial charge is 0.300 e. The van der Waals surface area contributed by atoms with Gasteiger partial charge in [-0.15, -0.1) is 0 Å². The molecule has 0 atom stereocenters. The molecule has 3 rings (SSSR count). The van der Waals surface area contributed by atoms with Crippen molar-refractivity contribution in [3.63, 3.8) is 0 Å². The van der Waals surface area contributed by atoms with Gasteiger partial charge in [-0.2, -0.15) is 0 Å². The maximum atomic E-state index is 11.4. The van der Waals surface area contributed by atoms with E-state index < -0.39 is 8.07 Å². The molecular weight excluding hydrogens is 332 g/mol. The van der Waals surface area contributed by atoms with Crippen molar-refractivity contribution in [2.24, 2.45) is 0 Å². The monoisotopic (exact) mass is 358 g/mol. The summed E-state index contributed by atoms with van der Waals surface area (Å²) in [6.07, 6.45) is 2.73. The molecule has 0 fully saturated rings. The van der Waals surface area contributed by atoms with Crippen LogP contribution in [-0.4, -0.2) is 13.9 Å². The zero-order valence-corrected chi connectivity index (χ0v) is 16.4. The van der Waals surface area contributed by atoms with Gasteiger partial charge in [-0.3, -0.25) is 0 Å². The molecule has 0 radical (unpaired) electrons. The Labute approximate surface area is 157 Å². The van der Waals surface area contributed by atoms with Crippen LogP contribution in [0.15, 0.2) is 91.0 Å². The predicted octanol–water partition coefficient (Wildman–Crippen LogP) is 3.92. The van der Waals surface area contributed by atoms with Crippen LogP contribution in [-0.2, 0) is 4.79 Å². The molecule has 0 aliphatic rings. The summed E-state index contributed by atoms with van der Waals surface area (Å²) in [6.45, 7) is 1.69. The van der Waals surface area contributed by atoms with Gasteiger partial charge in [-0.25, -0.2) is 0 Å². The van der Waals surface area contributed by atoms with E-state index in [0.717, 1.165) is 18.9 Å². The zero-order valence-electron chi connectivity index (χ0n) is 15.4. The Kier molecular flexibility index (Phi) is 6.19. The lowest BCUT2D eigenvalue weighted by Crippen LogP contribution is -2.66. The van der Waals surface area contributed by atoms with Gasteiger partial charge < -0.3 is 4.79 Å². The number of ketones is 1. The van der Waals surface area contributed by atoms with Gasteiger partial charge in [0, 0.05) is 6.42 Å². The molecule has 26 heavy (non-hydrogen) atoms. The van der Waals surface area contributed by atoms with Gasteiger partial charge in [0.25, 0.3) is 0 Å². The van der Waals surface area contributed by atoms with Crippen LogP contribution >= 0.6 is 0 Å². The molecule has 0 saturated carbocycles. The highest BCUT2D eigenvalue weighted by molar-refractivity contribution is 7.11. The molecular formula is C24H26OSi. The van der Waals surface area contributed by atoms with E-state index >= 15 is 0 Å². The Morgan fingerprint density at radius 3 is 1.38 bits per heavy atom. The highest BCUT2D eigenvalue weighted by Gasteiger charge is 2.38. The van der Waals surface area contributed by atoms with Crippen molar-refractivity contribution >= 4 is 29.4 Å². The Balaban J connectivity index is 2.10. The van der Waals surface area contributed by atoms with Crippen LogP contribution in [0.25, 0.3) is 0 Å². The molecule has 0 amide bonds. The fourth-order valence-corrected chi connectivity index (χ4v) is 8.80. The molecule has 3 aromatic rings. The minimum absolute atomic E-state index is 0.288. The lowest BCUT2D eigenvalue weighted by Gasteiger charge is -2.34. The summed E-state index contributed by atoms with van der Waals surface area (Å²) in [5.74, 6) is 0.288. The molecule has 0 unspecified atom stereocenters. The zero-order chi connectivity index (χ0) is 18.2. The average Bonchev–Trinajstić information content (AvgIpc) is 2.70. The third kappa shape index (κ3) is 4.02. The number of benzene rings is 3. The lowest BCUT2D eigenvalue weighted by atomic mass is 10.2. The first kappa shape index (κ1) is 18.3. The summed E-state index contributed by atoms with van der Waals surface area (Å²) >= 11 is 0. The Morgan fingerprint density at radius 2 is 1.04 bits per heavy atom. The molecule has 3 aromatic carbocycles. The van der Waals surface area contributed by atoms with Crippen molar-refractivity contribution in [1.29, 1.82) is 0 Å². The smallest absolute Gasteiger partial charge is 0.148 e. The Morgan fingerprint density at radius 1 is 0.654 bits per heavy atom. The number of hydrogen-bond acceptors (Lipinski definition) is 1. The molecule has 1 nitrogen and oxygen atoms in total. The molecule has 0 aliphatic carbocycles. The fourth-order valence-electron chi connectivity index (χ4n) is 3.87. The van der Waals surface area contributed by atoms with Gasteiger partial charge in [-0.05, 0) is 34.9 Å². The number of carbonyl (C=O) groups is 1. The summed E-state index contributed by atoms with van der Waals surface area (Å²) in [5.41, 5.74) is 0. The molecule has 0 spiro atoms. The maximum Gasteiger partial charge on any atom is 0.148 e. The summed E-state index contributed by atoms with van der Waals surface area (Å²) in [6, 6.07) is 34.0. The summed E-state index contributed by atoms with van der Waals surface area (Å²) in [7, 11) is -2.11. The van der Waals surface area contributed by atoms with Gasteiger partial charge in [0.15, 0.2) is 0 Å². The van der Waals surface area contributed by atoms with Gasteiger partial charge >= 0.3 is 0 Å². The first-order valence-electron chi connectivity index (χ1n) is 9.39. The Hall–Kier alpha value is -2.45. The highest BCUT2D eigenvalue weighted by atomic mass is 28.3. The molecule has 2 heteroatoms. The molecule has 132 valence electrons. The standard InChI is InChI=1S/C24H26OSi/c1-21(25)13-11-12-20-26(22-14-5-2-6-15-22,23-16-7-3-8-17-23)24-18-9-4-10-19-24/h2-10,14-19H,11-13,20H2,1H3. The molecule has 0 saturated heterocycles. The Bertz CT molecular complexity index is 716. The van der Waals surface area contributed by atoms with Crippen molar-refractivity contribution in [2.75, 3.05) is 0 Å². The molecule has 0 bridgehead atoms. The normalized spacial score (nSPS) is 11.3. The maximum absolute atomic E-state index is 11.4. The van der Waals surface area contributed by atoms with E-state index in [-0.39, 0.29) is 5.78 Å². The van der Waals surface area contributed by atoms with Crippen molar-refractivity contribution in [3.8, 4) is 0 Å². The number of unbranched alkanes of at least 4 members (excludes halogenated alkanes) is 1. The van der Waals surface area contributed by atoms with Crippen molar-refractivity contribution in [3.05, 3.63) is 91.0 Å². The summed E-state index contributed by atoms with van der Waals surface area (Å²) < 4.78 is 0. The van der Waals surface area contributed by atoms with Crippen LogP contribution in [0.1, 0.15) is 26.2 Å². The third-order valence-electron chi connectivity index (χ3n) is 5.13. The van der Waals surface area contributed by atoms with Crippen molar-refractivity contribution in [1.82, 2.24) is 0 Å². The van der Waals surface area contributed by atoms with Gasteiger partial charge in [0.2, 0.25) is 0 Å². The van der Waals surface area contributed by atoms with E-state index in [0.29, 0.717) is 6.42 Å². The lowest BCUT2D eigenvalue weighted by molar-refractivity contribution is -0.117. The highest BCUT2D eigenvalue weighted by Crippen LogP contribution is 2.17. The van der Waals surface area contributed by atoms with Crippen LogP contribution in [0.3, 0.4) is 0 Å². The van der Waals surface area contributed by atoms with E-state index in [1.54, 1.807) is 6.92 Å². The second-order valence-electron chi connectivity index (χ2n) is 6.91. The summed E-state index contributed by atoms with van der Waals surface area (Å²) in [4.78, 5) is 11.4. The molecule has 0 aliphatic heterocycles. The number of hydrogen-bond donors (Lipinski definition) is 0. The third-order valence-corrected chi connectivity index (χ3v) is 10.2. The molecule has 0 heterocycles. The number of rotatable bonds is 8. The minimum atomic E-state index is -2.11. The second kappa shape index (κ2) is 8.77. The van der Waals surface area contributed by atoms with Crippen LogP contribution < -0.4 is 15.6 Å². The second-order valence-corrected chi connectivity index (χ2v) is 11.0.